The molecular formula is C16H14Cl2N2O4. The first-order valence-corrected chi connectivity index (χ1v) is 7.56. The monoisotopic (exact) mass is 368 g/mol. The molecule has 126 valence electrons. The van der Waals surface area contributed by atoms with Crippen LogP contribution in [0, 0.1) is 0 Å². The summed E-state index contributed by atoms with van der Waals surface area (Å²) >= 11 is 11.6. The predicted molar refractivity (Wildman–Crippen MR) is 90.6 cm³/mol. The van der Waals surface area contributed by atoms with E-state index in [0.29, 0.717) is 21.5 Å². The molecule has 0 aliphatic rings. The number of nitrogens with one attached hydrogen (secondary N) is 2. The van der Waals surface area contributed by atoms with Crippen molar-refractivity contribution in [2.24, 2.45) is 0 Å². The van der Waals surface area contributed by atoms with Crippen LogP contribution in [-0.4, -0.2) is 25.5 Å². The minimum absolute atomic E-state index is 0.237. The van der Waals surface area contributed by atoms with Gasteiger partial charge in [-0.3, -0.25) is 20.4 Å². The Morgan fingerprint density at radius 1 is 1.00 bits per heavy atom. The molecular weight excluding hydrogens is 355 g/mol. The Labute approximate surface area is 148 Å². The maximum Gasteiger partial charge on any atom is 0.276 e. The molecule has 0 saturated carbocycles. The van der Waals surface area contributed by atoms with Gasteiger partial charge >= 0.3 is 0 Å². The molecule has 0 aromatic heterocycles. The second-order valence-corrected chi connectivity index (χ2v) is 5.46. The van der Waals surface area contributed by atoms with Crippen LogP contribution in [0.15, 0.2) is 42.5 Å². The van der Waals surface area contributed by atoms with Crippen molar-refractivity contribution in [2.45, 2.75) is 0 Å². The molecule has 0 saturated heterocycles. The summed E-state index contributed by atoms with van der Waals surface area (Å²) in [5, 5.41) is 1.000. The summed E-state index contributed by atoms with van der Waals surface area (Å²) in [7, 11) is 1.42. The second-order valence-electron chi connectivity index (χ2n) is 4.59. The van der Waals surface area contributed by atoms with E-state index in [1.807, 2.05) is 0 Å². The van der Waals surface area contributed by atoms with Gasteiger partial charge in [0.05, 0.1) is 12.7 Å². The number of carbonyl (C=O) groups is 2. The van der Waals surface area contributed by atoms with Crippen LogP contribution in [0.1, 0.15) is 10.4 Å². The topological polar surface area (TPSA) is 76.7 Å². The van der Waals surface area contributed by atoms with E-state index in [2.05, 4.69) is 10.9 Å². The Kier molecular flexibility index (Phi) is 6.28. The lowest BCUT2D eigenvalue weighted by atomic mass is 10.2. The summed E-state index contributed by atoms with van der Waals surface area (Å²) in [5.41, 5.74) is 4.76. The van der Waals surface area contributed by atoms with Gasteiger partial charge in [0.15, 0.2) is 6.61 Å². The summed E-state index contributed by atoms with van der Waals surface area (Å²) in [6, 6.07) is 11.1. The molecule has 6 nitrogen and oxygen atoms in total. The molecule has 0 fully saturated rings. The third-order valence-corrected chi connectivity index (χ3v) is 3.39. The molecule has 2 N–H and O–H groups in total. The number of methoxy groups -OCH3 is 1. The van der Waals surface area contributed by atoms with Gasteiger partial charge in [0.2, 0.25) is 0 Å². The molecule has 0 bridgehead atoms. The summed E-state index contributed by atoms with van der Waals surface area (Å²) in [6.45, 7) is -0.264. The summed E-state index contributed by atoms with van der Waals surface area (Å²) < 4.78 is 10.3. The van der Waals surface area contributed by atoms with Crippen molar-refractivity contribution in [3.8, 4) is 11.5 Å². The number of benzene rings is 2. The maximum atomic E-state index is 12.0. The van der Waals surface area contributed by atoms with E-state index in [1.165, 1.54) is 19.2 Å². The molecule has 0 heterocycles. The van der Waals surface area contributed by atoms with Crippen molar-refractivity contribution in [3.05, 3.63) is 58.1 Å². The van der Waals surface area contributed by atoms with Crippen molar-refractivity contribution < 1.29 is 19.1 Å². The van der Waals surface area contributed by atoms with E-state index in [0.717, 1.165) is 0 Å². The summed E-state index contributed by atoms with van der Waals surface area (Å²) in [4.78, 5) is 23.7. The van der Waals surface area contributed by atoms with Gasteiger partial charge in [-0.05, 0) is 42.5 Å². The number of ether oxygens (including phenoxy) is 2. The fourth-order valence-corrected chi connectivity index (χ4v) is 2.05. The van der Waals surface area contributed by atoms with Crippen molar-refractivity contribution in [2.75, 3.05) is 13.7 Å². The Hall–Kier alpha value is -2.44. The van der Waals surface area contributed by atoms with Crippen molar-refractivity contribution in [1.82, 2.24) is 10.9 Å². The summed E-state index contributed by atoms with van der Waals surface area (Å²) in [5.74, 6) is -0.276. The number of amides is 2. The predicted octanol–water partition coefficient (Wildman–Crippen LogP) is 2.84. The average Bonchev–Trinajstić information content (AvgIpc) is 2.59. The maximum absolute atomic E-state index is 12.0. The van der Waals surface area contributed by atoms with Crippen molar-refractivity contribution in [1.29, 1.82) is 0 Å². The number of hydrazine groups is 1. The van der Waals surface area contributed by atoms with Crippen LogP contribution >= 0.6 is 23.2 Å². The fraction of sp³-hybridized carbons (Fsp3) is 0.125. The third-order valence-electron chi connectivity index (χ3n) is 2.91. The Morgan fingerprint density at radius 3 is 2.33 bits per heavy atom. The number of halogens is 2. The number of rotatable bonds is 5. The Balaban J connectivity index is 1.85. The molecule has 0 unspecified atom stereocenters. The average molecular weight is 369 g/mol. The Morgan fingerprint density at radius 2 is 1.67 bits per heavy atom. The highest BCUT2D eigenvalue weighted by Crippen LogP contribution is 2.22. The highest BCUT2D eigenvalue weighted by molar-refractivity contribution is 6.31. The number of hydrogen-bond acceptors (Lipinski definition) is 4. The van der Waals surface area contributed by atoms with E-state index in [-0.39, 0.29) is 12.2 Å². The first-order chi connectivity index (χ1) is 11.5. The number of hydrogen-bond donors (Lipinski definition) is 2. The highest BCUT2D eigenvalue weighted by Gasteiger charge is 2.13. The molecule has 2 aromatic carbocycles. The van der Waals surface area contributed by atoms with Gasteiger partial charge < -0.3 is 9.47 Å². The molecule has 0 spiro atoms. The SMILES string of the molecule is COc1cc(Cl)ccc1C(=O)NNC(=O)COc1ccc(Cl)cc1. The van der Waals surface area contributed by atoms with Gasteiger partial charge in [-0.1, -0.05) is 23.2 Å². The highest BCUT2D eigenvalue weighted by atomic mass is 35.5. The molecule has 24 heavy (non-hydrogen) atoms. The standard InChI is InChI=1S/C16H14Cl2N2O4/c1-23-14-8-11(18)4-7-13(14)16(22)20-19-15(21)9-24-12-5-2-10(17)3-6-12/h2-8H,9H2,1H3,(H,19,21)(H,20,22). The third kappa shape index (κ3) is 5.04. The minimum Gasteiger partial charge on any atom is -0.496 e. The van der Waals surface area contributed by atoms with Crippen molar-refractivity contribution >= 4 is 35.0 Å². The Bertz CT molecular complexity index is 735. The number of carbonyl (C=O) groups excluding carboxylic acids is 2. The molecule has 0 aliphatic carbocycles. The summed E-state index contributed by atoms with van der Waals surface area (Å²) in [6.07, 6.45) is 0. The minimum atomic E-state index is -0.539. The molecule has 0 atom stereocenters. The van der Waals surface area contributed by atoms with Crippen LogP contribution in [0.25, 0.3) is 0 Å². The zero-order valence-electron chi connectivity index (χ0n) is 12.6. The van der Waals surface area contributed by atoms with E-state index < -0.39 is 11.8 Å². The van der Waals surface area contributed by atoms with Crippen LogP contribution in [0.5, 0.6) is 11.5 Å². The lowest BCUT2D eigenvalue weighted by molar-refractivity contribution is -0.123. The van der Waals surface area contributed by atoms with Gasteiger partial charge in [0, 0.05) is 10.0 Å². The van der Waals surface area contributed by atoms with Gasteiger partial charge in [-0.25, -0.2) is 0 Å². The normalized spacial score (nSPS) is 9.96. The lowest BCUT2D eigenvalue weighted by Crippen LogP contribution is -2.43. The van der Waals surface area contributed by atoms with Crippen LogP contribution in [0.4, 0.5) is 0 Å². The molecule has 2 amide bonds. The molecule has 0 aliphatic heterocycles. The largest absolute Gasteiger partial charge is 0.496 e. The fourth-order valence-electron chi connectivity index (χ4n) is 1.76. The lowest BCUT2D eigenvalue weighted by Gasteiger charge is -2.11. The molecule has 0 radical (unpaired) electrons. The van der Waals surface area contributed by atoms with E-state index >= 15 is 0 Å². The van der Waals surface area contributed by atoms with E-state index in [1.54, 1.807) is 30.3 Å². The first-order valence-electron chi connectivity index (χ1n) is 6.80. The van der Waals surface area contributed by atoms with E-state index in [4.69, 9.17) is 32.7 Å². The van der Waals surface area contributed by atoms with Gasteiger partial charge in [-0.15, -0.1) is 0 Å². The van der Waals surface area contributed by atoms with Gasteiger partial charge in [-0.2, -0.15) is 0 Å². The quantitative estimate of drug-likeness (QED) is 0.795. The van der Waals surface area contributed by atoms with Crippen LogP contribution in [-0.2, 0) is 4.79 Å². The molecule has 8 heteroatoms. The zero-order valence-corrected chi connectivity index (χ0v) is 14.1. The van der Waals surface area contributed by atoms with E-state index in [9.17, 15) is 9.59 Å². The van der Waals surface area contributed by atoms with Crippen LogP contribution in [0.2, 0.25) is 10.0 Å². The smallest absolute Gasteiger partial charge is 0.276 e. The van der Waals surface area contributed by atoms with Crippen molar-refractivity contribution in [3.63, 3.8) is 0 Å². The van der Waals surface area contributed by atoms with Gasteiger partial charge in [0.1, 0.15) is 11.5 Å². The first kappa shape index (κ1) is 17.9. The van der Waals surface area contributed by atoms with Crippen LogP contribution < -0.4 is 20.3 Å². The van der Waals surface area contributed by atoms with Crippen LogP contribution in [0.3, 0.4) is 0 Å². The van der Waals surface area contributed by atoms with Gasteiger partial charge in [0.25, 0.3) is 11.8 Å². The molecule has 2 aromatic rings. The second kappa shape index (κ2) is 8.42. The zero-order chi connectivity index (χ0) is 17.5. The molecule has 2 rings (SSSR count).